The summed E-state index contributed by atoms with van der Waals surface area (Å²) in [5, 5.41) is 11.1. The number of nitrogens with one attached hydrogen (secondary N) is 1. The standard InChI is InChI=1S/C18H17FN4O2/c1-12(24)23(2)16-6-4-3-5-15(16)20-11-17-21-22-18(25-17)13-7-9-14(19)10-8-13/h3-10,20H,11H2,1-2H3. The van der Waals surface area contributed by atoms with Gasteiger partial charge in [0.25, 0.3) is 0 Å². The van der Waals surface area contributed by atoms with Crippen molar-refractivity contribution < 1.29 is 13.6 Å². The van der Waals surface area contributed by atoms with E-state index in [2.05, 4.69) is 15.5 Å². The topological polar surface area (TPSA) is 71.3 Å². The minimum Gasteiger partial charge on any atom is -0.419 e. The molecule has 0 saturated heterocycles. The van der Waals surface area contributed by atoms with Gasteiger partial charge in [-0.05, 0) is 36.4 Å². The highest BCUT2D eigenvalue weighted by Crippen LogP contribution is 2.25. The first-order valence-corrected chi connectivity index (χ1v) is 7.70. The van der Waals surface area contributed by atoms with Crippen LogP contribution in [0.4, 0.5) is 15.8 Å². The molecule has 0 aliphatic rings. The maximum Gasteiger partial charge on any atom is 0.247 e. The molecule has 1 amide bonds. The number of anilines is 2. The minimum absolute atomic E-state index is 0.0642. The van der Waals surface area contributed by atoms with E-state index in [1.54, 1.807) is 24.1 Å². The van der Waals surface area contributed by atoms with Crippen molar-refractivity contribution in [3.63, 3.8) is 0 Å². The molecule has 1 heterocycles. The molecule has 128 valence electrons. The van der Waals surface area contributed by atoms with Crippen LogP contribution in [0.25, 0.3) is 11.5 Å². The van der Waals surface area contributed by atoms with Crippen LogP contribution in [0.3, 0.4) is 0 Å². The Morgan fingerprint density at radius 3 is 2.60 bits per heavy atom. The molecule has 0 fully saturated rings. The summed E-state index contributed by atoms with van der Waals surface area (Å²) in [6.45, 7) is 1.81. The van der Waals surface area contributed by atoms with Crippen molar-refractivity contribution in [1.29, 1.82) is 0 Å². The summed E-state index contributed by atoms with van der Waals surface area (Å²) in [6, 6.07) is 13.3. The third kappa shape index (κ3) is 3.82. The number of carbonyl (C=O) groups is 1. The lowest BCUT2D eigenvalue weighted by Gasteiger charge is -2.19. The Labute approximate surface area is 144 Å². The molecule has 0 atom stereocenters. The third-order valence-corrected chi connectivity index (χ3v) is 3.73. The molecule has 0 aliphatic heterocycles. The number of rotatable bonds is 5. The minimum atomic E-state index is -0.323. The second-order valence-corrected chi connectivity index (χ2v) is 5.46. The van der Waals surface area contributed by atoms with Gasteiger partial charge in [0, 0.05) is 19.5 Å². The quantitative estimate of drug-likeness (QED) is 0.770. The van der Waals surface area contributed by atoms with Crippen LogP contribution in [0, 0.1) is 5.82 Å². The van der Waals surface area contributed by atoms with Gasteiger partial charge in [0.15, 0.2) is 0 Å². The van der Waals surface area contributed by atoms with E-state index in [-0.39, 0.29) is 11.7 Å². The Morgan fingerprint density at radius 2 is 1.88 bits per heavy atom. The molecule has 6 nitrogen and oxygen atoms in total. The number of amides is 1. The average molecular weight is 340 g/mol. The number of hydrogen-bond acceptors (Lipinski definition) is 5. The number of benzene rings is 2. The Hall–Kier alpha value is -3.22. The van der Waals surface area contributed by atoms with E-state index in [0.29, 0.717) is 23.9 Å². The normalized spacial score (nSPS) is 10.5. The smallest absolute Gasteiger partial charge is 0.247 e. The van der Waals surface area contributed by atoms with Crippen molar-refractivity contribution in [3.8, 4) is 11.5 Å². The van der Waals surface area contributed by atoms with Gasteiger partial charge in [-0.2, -0.15) is 0 Å². The zero-order valence-corrected chi connectivity index (χ0v) is 13.9. The highest BCUT2D eigenvalue weighted by atomic mass is 19.1. The van der Waals surface area contributed by atoms with Crippen LogP contribution >= 0.6 is 0 Å². The number of hydrogen-bond donors (Lipinski definition) is 1. The van der Waals surface area contributed by atoms with E-state index in [9.17, 15) is 9.18 Å². The fourth-order valence-corrected chi connectivity index (χ4v) is 2.29. The van der Waals surface area contributed by atoms with Gasteiger partial charge in [-0.15, -0.1) is 10.2 Å². The number of para-hydroxylation sites is 2. The van der Waals surface area contributed by atoms with Crippen LogP contribution < -0.4 is 10.2 Å². The second kappa shape index (κ2) is 7.12. The van der Waals surface area contributed by atoms with Crippen LogP contribution in [0.15, 0.2) is 52.9 Å². The van der Waals surface area contributed by atoms with Gasteiger partial charge < -0.3 is 14.6 Å². The molecule has 2 aromatic carbocycles. The van der Waals surface area contributed by atoms with Gasteiger partial charge in [-0.1, -0.05) is 12.1 Å². The predicted molar refractivity (Wildman–Crippen MR) is 92.5 cm³/mol. The van der Waals surface area contributed by atoms with E-state index < -0.39 is 0 Å². The molecule has 25 heavy (non-hydrogen) atoms. The average Bonchev–Trinajstić information content (AvgIpc) is 3.09. The summed E-state index contributed by atoms with van der Waals surface area (Å²) in [5.41, 5.74) is 2.19. The van der Waals surface area contributed by atoms with Crippen molar-refractivity contribution in [1.82, 2.24) is 10.2 Å². The SMILES string of the molecule is CC(=O)N(C)c1ccccc1NCc1nnc(-c2ccc(F)cc2)o1. The van der Waals surface area contributed by atoms with Crippen LogP contribution in [-0.4, -0.2) is 23.2 Å². The predicted octanol–water partition coefficient (Wildman–Crippen LogP) is 3.47. The van der Waals surface area contributed by atoms with Gasteiger partial charge >= 0.3 is 0 Å². The van der Waals surface area contributed by atoms with Gasteiger partial charge in [0.05, 0.1) is 17.9 Å². The van der Waals surface area contributed by atoms with Crippen LogP contribution in [-0.2, 0) is 11.3 Å². The van der Waals surface area contributed by atoms with E-state index in [1.807, 2.05) is 24.3 Å². The monoisotopic (exact) mass is 340 g/mol. The summed E-state index contributed by atoms with van der Waals surface area (Å²) in [4.78, 5) is 13.1. The molecular formula is C18H17FN4O2. The third-order valence-electron chi connectivity index (χ3n) is 3.73. The Morgan fingerprint density at radius 1 is 1.16 bits per heavy atom. The molecule has 3 aromatic rings. The van der Waals surface area contributed by atoms with E-state index >= 15 is 0 Å². The first-order valence-electron chi connectivity index (χ1n) is 7.70. The van der Waals surface area contributed by atoms with Crippen molar-refractivity contribution in [3.05, 3.63) is 60.2 Å². The lowest BCUT2D eigenvalue weighted by atomic mass is 10.2. The zero-order chi connectivity index (χ0) is 17.8. The maximum atomic E-state index is 13.0. The van der Waals surface area contributed by atoms with E-state index in [0.717, 1.165) is 11.4 Å². The van der Waals surface area contributed by atoms with Crippen LogP contribution in [0.2, 0.25) is 0 Å². The molecule has 3 rings (SSSR count). The molecule has 0 saturated carbocycles. The van der Waals surface area contributed by atoms with Gasteiger partial charge in [0.2, 0.25) is 17.7 Å². The Bertz CT molecular complexity index is 877. The summed E-state index contributed by atoms with van der Waals surface area (Å²) in [7, 11) is 1.71. The molecular weight excluding hydrogens is 323 g/mol. The second-order valence-electron chi connectivity index (χ2n) is 5.46. The fraction of sp³-hybridized carbons (Fsp3) is 0.167. The van der Waals surface area contributed by atoms with E-state index in [1.165, 1.54) is 19.1 Å². The Balaban J connectivity index is 1.73. The summed E-state index contributed by atoms with van der Waals surface area (Å²) >= 11 is 0. The zero-order valence-electron chi connectivity index (χ0n) is 13.9. The van der Waals surface area contributed by atoms with Crippen molar-refractivity contribution in [2.45, 2.75) is 13.5 Å². The van der Waals surface area contributed by atoms with Gasteiger partial charge in [0.1, 0.15) is 5.82 Å². The van der Waals surface area contributed by atoms with Gasteiger partial charge in [-0.25, -0.2) is 4.39 Å². The Kier molecular flexibility index (Phi) is 4.74. The van der Waals surface area contributed by atoms with Crippen LogP contribution in [0.1, 0.15) is 12.8 Å². The number of aromatic nitrogens is 2. The maximum absolute atomic E-state index is 13.0. The summed E-state index contributed by atoms with van der Waals surface area (Å²) in [6.07, 6.45) is 0. The summed E-state index contributed by atoms with van der Waals surface area (Å²) < 4.78 is 18.6. The molecule has 0 spiro atoms. The first kappa shape index (κ1) is 16.6. The molecule has 0 bridgehead atoms. The van der Waals surface area contributed by atoms with E-state index in [4.69, 9.17) is 4.42 Å². The fourth-order valence-electron chi connectivity index (χ4n) is 2.29. The van der Waals surface area contributed by atoms with Crippen molar-refractivity contribution in [2.24, 2.45) is 0 Å². The number of carbonyl (C=O) groups excluding carboxylic acids is 1. The van der Waals surface area contributed by atoms with Crippen LogP contribution in [0.5, 0.6) is 0 Å². The molecule has 0 unspecified atom stereocenters. The summed E-state index contributed by atoms with van der Waals surface area (Å²) in [5.74, 6) is 0.326. The highest BCUT2D eigenvalue weighted by molar-refractivity contribution is 5.94. The van der Waals surface area contributed by atoms with Crippen molar-refractivity contribution >= 4 is 17.3 Å². The molecule has 0 aliphatic carbocycles. The molecule has 1 N–H and O–H groups in total. The lowest BCUT2D eigenvalue weighted by Crippen LogP contribution is -2.23. The molecule has 1 aromatic heterocycles. The number of nitrogens with zero attached hydrogens (tertiary/aromatic N) is 3. The lowest BCUT2D eigenvalue weighted by molar-refractivity contribution is -0.116. The largest absolute Gasteiger partial charge is 0.419 e. The highest BCUT2D eigenvalue weighted by Gasteiger charge is 2.12. The first-order chi connectivity index (χ1) is 12.0. The van der Waals surface area contributed by atoms with Crippen molar-refractivity contribution in [2.75, 3.05) is 17.3 Å². The number of halogens is 1. The molecule has 7 heteroatoms. The van der Waals surface area contributed by atoms with Gasteiger partial charge in [-0.3, -0.25) is 4.79 Å². The molecule has 0 radical (unpaired) electrons.